The summed E-state index contributed by atoms with van der Waals surface area (Å²) in [4.78, 5) is 14.2. The van der Waals surface area contributed by atoms with Crippen molar-refractivity contribution in [1.29, 1.82) is 0 Å². The van der Waals surface area contributed by atoms with Gasteiger partial charge in [0.15, 0.2) is 0 Å². The van der Waals surface area contributed by atoms with Crippen molar-refractivity contribution >= 4 is 5.91 Å². The van der Waals surface area contributed by atoms with Gasteiger partial charge in [0.2, 0.25) is 5.91 Å². The van der Waals surface area contributed by atoms with E-state index in [1.807, 2.05) is 0 Å². The summed E-state index contributed by atoms with van der Waals surface area (Å²) < 4.78 is 0. The van der Waals surface area contributed by atoms with E-state index in [0.717, 1.165) is 45.4 Å². The summed E-state index contributed by atoms with van der Waals surface area (Å²) in [6, 6.07) is 0.361. The number of nitrogens with zero attached hydrogens (tertiary/aromatic N) is 2. The first-order valence-electron chi connectivity index (χ1n) is 7.62. The predicted octanol–water partition coefficient (Wildman–Crippen LogP) is 0.563. The van der Waals surface area contributed by atoms with Crippen LogP contribution in [0, 0.1) is 5.92 Å². The van der Waals surface area contributed by atoms with Gasteiger partial charge in [-0.3, -0.25) is 10.2 Å². The van der Waals surface area contributed by atoms with Crippen LogP contribution in [-0.2, 0) is 4.79 Å². The quantitative estimate of drug-likeness (QED) is 0.782. The molecule has 3 N–H and O–H groups in total. The van der Waals surface area contributed by atoms with E-state index in [1.165, 1.54) is 12.8 Å². The highest BCUT2D eigenvalue weighted by Gasteiger charge is 2.21. The minimum atomic E-state index is 0.170. The van der Waals surface area contributed by atoms with Gasteiger partial charge in [-0.05, 0) is 32.2 Å². The molecule has 0 bridgehead atoms. The third kappa shape index (κ3) is 5.09. The van der Waals surface area contributed by atoms with E-state index < -0.39 is 0 Å². The van der Waals surface area contributed by atoms with Gasteiger partial charge < -0.3 is 10.6 Å². The van der Waals surface area contributed by atoms with Crippen molar-refractivity contribution in [1.82, 2.24) is 15.3 Å². The van der Waals surface area contributed by atoms with E-state index in [-0.39, 0.29) is 5.91 Å². The van der Waals surface area contributed by atoms with Crippen molar-refractivity contribution in [3.05, 3.63) is 0 Å². The maximum atomic E-state index is 11.9. The average Bonchev–Trinajstić information content (AvgIpc) is 2.39. The van der Waals surface area contributed by atoms with Gasteiger partial charge in [0.1, 0.15) is 0 Å². The maximum Gasteiger partial charge on any atom is 0.234 e. The van der Waals surface area contributed by atoms with Crippen LogP contribution in [0.4, 0.5) is 0 Å². The fourth-order valence-corrected chi connectivity index (χ4v) is 3.08. The molecule has 1 aliphatic heterocycles. The van der Waals surface area contributed by atoms with E-state index in [2.05, 4.69) is 22.4 Å². The van der Waals surface area contributed by atoms with Crippen molar-refractivity contribution in [2.24, 2.45) is 11.7 Å². The smallest absolute Gasteiger partial charge is 0.234 e. The number of hydrazine groups is 1. The molecule has 1 aliphatic carbocycles. The van der Waals surface area contributed by atoms with Crippen LogP contribution >= 0.6 is 0 Å². The second-order valence-electron chi connectivity index (χ2n) is 6.16. The molecular formula is C14H28N4O. The molecule has 2 rings (SSSR count). The lowest BCUT2D eigenvalue weighted by atomic mass is 9.83. The van der Waals surface area contributed by atoms with E-state index in [0.29, 0.717) is 18.4 Å². The third-order valence-electron chi connectivity index (χ3n) is 4.39. The van der Waals surface area contributed by atoms with Crippen LogP contribution in [0.3, 0.4) is 0 Å². The Labute approximate surface area is 116 Å². The molecule has 1 saturated carbocycles. The largest absolute Gasteiger partial charge is 0.328 e. The molecular weight excluding hydrogens is 240 g/mol. The van der Waals surface area contributed by atoms with Crippen LogP contribution in [0.2, 0.25) is 0 Å². The number of nitrogens with one attached hydrogen (secondary N) is 1. The Morgan fingerprint density at radius 1 is 1.26 bits per heavy atom. The Balaban J connectivity index is 1.61. The first-order chi connectivity index (χ1) is 9.13. The van der Waals surface area contributed by atoms with Crippen LogP contribution in [-0.4, -0.2) is 55.1 Å². The minimum Gasteiger partial charge on any atom is -0.328 e. The highest BCUT2D eigenvalue weighted by molar-refractivity contribution is 5.75. The fraction of sp³-hybridized carbons (Fsp3) is 0.929. The van der Waals surface area contributed by atoms with Crippen molar-refractivity contribution in [2.75, 3.05) is 33.2 Å². The molecule has 2 atom stereocenters. The van der Waals surface area contributed by atoms with Crippen LogP contribution in [0.5, 0.6) is 0 Å². The monoisotopic (exact) mass is 268 g/mol. The van der Waals surface area contributed by atoms with E-state index in [1.54, 1.807) is 0 Å². The fourth-order valence-electron chi connectivity index (χ4n) is 3.08. The molecule has 0 radical (unpaired) electrons. The molecule has 0 aromatic carbocycles. The molecule has 5 heteroatoms. The van der Waals surface area contributed by atoms with Gasteiger partial charge in [-0.25, -0.2) is 5.01 Å². The molecule has 19 heavy (non-hydrogen) atoms. The molecule has 0 aromatic heterocycles. The molecule has 1 saturated heterocycles. The normalized spacial score (nSPS) is 30.2. The third-order valence-corrected chi connectivity index (χ3v) is 4.39. The number of likely N-dealkylation sites (N-methyl/N-ethyl adjacent to an activating group) is 1. The van der Waals surface area contributed by atoms with Crippen LogP contribution in [0.25, 0.3) is 0 Å². The first-order valence-corrected chi connectivity index (χ1v) is 7.62. The van der Waals surface area contributed by atoms with Crippen LogP contribution < -0.4 is 11.2 Å². The van der Waals surface area contributed by atoms with Gasteiger partial charge in [0.25, 0.3) is 0 Å². The molecule has 1 heterocycles. The molecule has 2 fully saturated rings. The lowest BCUT2D eigenvalue weighted by molar-refractivity contribution is -0.127. The van der Waals surface area contributed by atoms with Gasteiger partial charge >= 0.3 is 0 Å². The Kier molecular flexibility index (Phi) is 5.60. The molecule has 2 aliphatic rings. The minimum absolute atomic E-state index is 0.170. The topological polar surface area (TPSA) is 61.6 Å². The lowest BCUT2D eigenvalue weighted by Gasteiger charge is -2.32. The lowest BCUT2D eigenvalue weighted by Crippen LogP contribution is -2.52. The highest BCUT2D eigenvalue weighted by atomic mass is 16.2. The van der Waals surface area contributed by atoms with Gasteiger partial charge in [-0.15, -0.1) is 0 Å². The van der Waals surface area contributed by atoms with Crippen LogP contribution in [0.1, 0.15) is 38.5 Å². The Morgan fingerprint density at radius 3 is 2.68 bits per heavy atom. The molecule has 5 nitrogen and oxygen atoms in total. The zero-order chi connectivity index (χ0) is 13.7. The van der Waals surface area contributed by atoms with E-state index in [4.69, 9.17) is 5.73 Å². The number of piperazine rings is 1. The summed E-state index contributed by atoms with van der Waals surface area (Å²) >= 11 is 0. The SMILES string of the molecule is CN1CCN(NC(=O)CCC2CCCC(N)C2)CC1. The predicted molar refractivity (Wildman–Crippen MR) is 76.4 cm³/mol. The van der Waals surface area contributed by atoms with Crippen molar-refractivity contribution in [3.63, 3.8) is 0 Å². The van der Waals surface area contributed by atoms with Gasteiger partial charge in [-0.2, -0.15) is 0 Å². The van der Waals surface area contributed by atoms with Crippen molar-refractivity contribution in [2.45, 2.75) is 44.6 Å². The molecule has 110 valence electrons. The number of amides is 1. The highest BCUT2D eigenvalue weighted by Crippen LogP contribution is 2.26. The Bertz CT molecular complexity index is 289. The zero-order valence-electron chi connectivity index (χ0n) is 12.1. The summed E-state index contributed by atoms with van der Waals surface area (Å²) in [7, 11) is 2.12. The van der Waals surface area contributed by atoms with E-state index in [9.17, 15) is 4.79 Å². The second-order valence-corrected chi connectivity index (χ2v) is 6.16. The van der Waals surface area contributed by atoms with Crippen molar-refractivity contribution < 1.29 is 4.79 Å². The van der Waals surface area contributed by atoms with Gasteiger partial charge in [0.05, 0.1) is 0 Å². The second kappa shape index (κ2) is 7.22. The van der Waals surface area contributed by atoms with Crippen LogP contribution in [0.15, 0.2) is 0 Å². The zero-order valence-corrected chi connectivity index (χ0v) is 12.1. The maximum absolute atomic E-state index is 11.9. The molecule has 1 amide bonds. The van der Waals surface area contributed by atoms with Gasteiger partial charge in [-0.1, -0.05) is 12.8 Å². The number of rotatable bonds is 4. The summed E-state index contributed by atoms with van der Waals surface area (Å²) in [5.74, 6) is 0.825. The standard InChI is InChI=1S/C14H28N4O/c1-17-7-9-18(10-8-17)16-14(19)6-5-12-3-2-4-13(15)11-12/h12-13H,2-11,15H2,1H3,(H,16,19). The summed E-state index contributed by atoms with van der Waals surface area (Å²) in [5, 5.41) is 2.05. The molecule has 0 spiro atoms. The number of carbonyl (C=O) groups is 1. The molecule has 0 aromatic rings. The number of carbonyl (C=O) groups excluding carboxylic acids is 1. The number of hydrogen-bond acceptors (Lipinski definition) is 4. The Hall–Kier alpha value is -0.650. The summed E-state index contributed by atoms with van der Waals surface area (Å²) in [6.07, 6.45) is 6.37. The molecule has 2 unspecified atom stereocenters. The Morgan fingerprint density at radius 2 is 2.00 bits per heavy atom. The number of nitrogens with two attached hydrogens (primary N) is 1. The van der Waals surface area contributed by atoms with Crippen molar-refractivity contribution in [3.8, 4) is 0 Å². The first kappa shape index (κ1) is 14.8. The van der Waals surface area contributed by atoms with E-state index >= 15 is 0 Å². The van der Waals surface area contributed by atoms with Gasteiger partial charge in [0, 0.05) is 38.6 Å². The summed E-state index contributed by atoms with van der Waals surface area (Å²) in [6.45, 7) is 3.91. The number of hydrogen-bond donors (Lipinski definition) is 2. The summed E-state index contributed by atoms with van der Waals surface area (Å²) in [5.41, 5.74) is 9.01. The average molecular weight is 268 g/mol.